The van der Waals surface area contributed by atoms with E-state index in [4.69, 9.17) is 0 Å². The quantitative estimate of drug-likeness (QED) is 0.848. The van der Waals surface area contributed by atoms with Gasteiger partial charge in [0.1, 0.15) is 0 Å². The van der Waals surface area contributed by atoms with E-state index >= 15 is 0 Å². The average molecular weight is 237 g/mol. The highest BCUT2D eigenvalue weighted by molar-refractivity contribution is 7.10. The van der Waals surface area contributed by atoms with Crippen molar-refractivity contribution in [2.75, 3.05) is 13.1 Å². The molecule has 0 saturated heterocycles. The molecule has 0 aliphatic rings. The zero-order chi connectivity index (χ0) is 11.3. The molecular formula is C9H10F3NOS. The van der Waals surface area contributed by atoms with Gasteiger partial charge in [-0.2, -0.15) is 13.2 Å². The largest absolute Gasteiger partial charge is 0.401 e. The van der Waals surface area contributed by atoms with E-state index in [0.717, 1.165) is 4.88 Å². The number of hydrogen-bond acceptors (Lipinski definition) is 3. The van der Waals surface area contributed by atoms with Gasteiger partial charge in [0, 0.05) is 11.3 Å². The van der Waals surface area contributed by atoms with Gasteiger partial charge in [0.2, 0.25) is 0 Å². The Morgan fingerprint density at radius 3 is 2.73 bits per heavy atom. The normalized spacial score (nSPS) is 11.7. The minimum atomic E-state index is -4.26. The summed E-state index contributed by atoms with van der Waals surface area (Å²) in [5.41, 5.74) is 0. The van der Waals surface area contributed by atoms with Crippen molar-refractivity contribution < 1.29 is 18.0 Å². The highest BCUT2D eigenvalue weighted by Crippen LogP contribution is 2.12. The van der Waals surface area contributed by atoms with Crippen LogP contribution in [0.5, 0.6) is 0 Å². The zero-order valence-electron chi connectivity index (χ0n) is 7.80. The number of ketones is 1. The summed E-state index contributed by atoms with van der Waals surface area (Å²) in [5.74, 6) is -0.235. The summed E-state index contributed by atoms with van der Waals surface area (Å²) >= 11 is 1.42. The molecule has 0 amide bonds. The number of carbonyl (C=O) groups is 1. The third kappa shape index (κ3) is 5.54. The van der Waals surface area contributed by atoms with Crippen LogP contribution in [-0.4, -0.2) is 25.0 Å². The molecule has 0 radical (unpaired) electrons. The maximum Gasteiger partial charge on any atom is 0.401 e. The van der Waals surface area contributed by atoms with Gasteiger partial charge in [-0.15, -0.1) is 11.3 Å². The molecule has 0 aliphatic heterocycles. The van der Waals surface area contributed by atoms with Crippen LogP contribution < -0.4 is 5.32 Å². The van der Waals surface area contributed by atoms with Crippen LogP contribution >= 0.6 is 11.3 Å². The minimum absolute atomic E-state index is 0.197. The average Bonchev–Trinajstić information content (AvgIpc) is 2.54. The Kier molecular flexibility index (Phi) is 4.28. The smallest absolute Gasteiger partial charge is 0.302 e. The second-order valence-electron chi connectivity index (χ2n) is 3.01. The molecule has 1 aromatic heterocycles. The maximum absolute atomic E-state index is 11.7. The van der Waals surface area contributed by atoms with Gasteiger partial charge in [-0.25, -0.2) is 0 Å². The predicted octanol–water partition coefficient (Wildman–Crippen LogP) is 2.01. The molecule has 1 aromatic rings. The summed E-state index contributed by atoms with van der Waals surface area (Å²) in [6.45, 7) is -1.36. The molecule has 1 rings (SSSR count). The first-order valence-corrected chi connectivity index (χ1v) is 5.17. The van der Waals surface area contributed by atoms with Gasteiger partial charge in [0.15, 0.2) is 5.78 Å². The minimum Gasteiger partial charge on any atom is -0.302 e. The number of rotatable bonds is 5. The molecule has 6 heteroatoms. The second-order valence-corrected chi connectivity index (χ2v) is 4.05. The van der Waals surface area contributed by atoms with Crippen LogP contribution in [0.15, 0.2) is 17.5 Å². The fourth-order valence-electron chi connectivity index (χ4n) is 1.01. The van der Waals surface area contributed by atoms with E-state index in [1.165, 1.54) is 11.3 Å². The van der Waals surface area contributed by atoms with Crippen molar-refractivity contribution in [3.05, 3.63) is 22.4 Å². The monoisotopic (exact) mass is 237 g/mol. The number of hydrogen-bond donors (Lipinski definition) is 1. The van der Waals surface area contributed by atoms with Crippen molar-refractivity contribution in [2.24, 2.45) is 0 Å². The van der Waals surface area contributed by atoms with Crippen LogP contribution in [0.3, 0.4) is 0 Å². The van der Waals surface area contributed by atoms with Gasteiger partial charge in [-0.1, -0.05) is 6.07 Å². The van der Waals surface area contributed by atoms with Crippen LogP contribution in [0, 0.1) is 0 Å². The van der Waals surface area contributed by atoms with E-state index in [1.54, 1.807) is 12.1 Å². The molecule has 0 bridgehead atoms. The fourth-order valence-corrected chi connectivity index (χ4v) is 1.75. The van der Waals surface area contributed by atoms with Crippen LogP contribution in [0.25, 0.3) is 0 Å². The van der Waals surface area contributed by atoms with E-state index in [-0.39, 0.29) is 18.7 Å². The Morgan fingerprint density at radius 1 is 1.47 bits per heavy atom. The second kappa shape index (κ2) is 5.27. The highest BCUT2D eigenvalue weighted by Gasteiger charge is 2.26. The molecule has 2 nitrogen and oxygen atoms in total. The predicted molar refractivity (Wildman–Crippen MR) is 52.0 cm³/mol. The van der Waals surface area contributed by atoms with Crippen molar-refractivity contribution in [1.29, 1.82) is 0 Å². The highest BCUT2D eigenvalue weighted by atomic mass is 32.1. The molecule has 0 aliphatic carbocycles. The number of carbonyl (C=O) groups excluding carboxylic acids is 1. The molecule has 0 fully saturated rings. The Morgan fingerprint density at radius 2 is 2.20 bits per heavy atom. The Balaban J connectivity index is 2.20. The summed E-state index contributed by atoms with van der Waals surface area (Å²) in [5, 5.41) is 3.89. The molecule has 1 heterocycles. The maximum atomic E-state index is 11.7. The summed E-state index contributed by atoms with van der Waals surface area (Å²) < 4.78 is 35.1. The van der Waals surface area contributed by atoms with E-state index in [1.807, 2.05) is 5.38 Å². The Bertz CT molecular complexity index is 308. The van der Waals surface area contributed by atoms with E-state index < -0.39 is 12.7 Å². The number of alkyl halides is 3. The number of nitrogens with one attached hydrogen (secondary N) is 1. The first-order valence-electron chi connectivity index (χ1n) is 4.29. The molecule has 0 spiro atoms. The lowest BCUT2D eigenvalue weighted by molar-refractivity contribution is -0.127. The van der Waals surface area contributed by atoms with Crippen molar-refractivity contribution in [2.45, 2.75) is 12.6 Å². The topological polar surface area (TPSA) is 29.1 Å². The summed E-state index contributed by atoms with van der Waals surface area (Å²) in [4.78, 5) is 12.0. The van der Waals surface area contributed by atoms with Crippen LogP contribution in [0.4, 0.5) is 13.2 Å². The lowest BCUT2D eigenvalue weighted by Crippen LogP contribution is -2.33. The first-order chi connectivity index (χ1) is 6.97. The van der Waals surface area contributed by atoms with Crippen LogP contribution in [0.1, 0.15) is 4.88 Å². The van der Waals surface area contributed by atoms with Crippen molar-refractivity contribution in [3.63, 3.8) is 0 Å². The SMILES string of the molecule is O=C(CNCC(F)(F)F)Cc1cccs1. The standard InChI is InChI=1S/C9H10F3NOS/c10-9(11,12)6-13-5-7(14)4-8-2-1-3-15-8/h1-3,13H,4-6H2. The Hall–Kier alpha value is -0.880. The lowest BCUT2D eigenvalue weighted by atomic mass is 10.2. The fraction of sp³-hybridized carbons (Fsp3) is 0.444. The van der Waals surface area contributed by atoms with Crippen LogP contribution in [0.2, 0.25) is 0 Å². The number of Topliss-reactive ketones (excluding diaryl/α,β-unsaturated/α-hetero) is 1. The third-order valence-electron chi connectivity index (χ3n) is 1.60. The van der Waals surface area contributed by atoms with Crippen LogP contribution in [-0.2, 0) is 11.2 Å². The summed E-state index contributed by atoms with van der Waals surface area (Å²) in [6.07, 6.45) is -4.06. The van der Waals surface area contributed by atoms with E-state index in [2.05, 4.69) is 5.32 Å². The van der Waals surface area contributed by atoms with Gasteiger partial charge in [-0.05, 0) is 11.4 Å². The summed E-state index contributed by atoms with van der Waals surface area (Å²) in [6, 6.07) is 3.59. The van der Waals surface area contributed by atoms with Gasteiger partial charge < -0.3 is 5.32 Å². The van der Waals surface area contributed by atoms with E-state index in [9.17, 15) is 18.0 Å². The van der Waals surface area contributed by atoms with E-state index in [0.29, 0.717) is 0 Å². The van der Waals surface area contributed by atoms with Crippen molar-refractivity contribution >= 4 is 17.1 Å². The Labute approximate surface area is 89.1 Å². The number of halogens is 3. The van der Waals surface area contributed by atoms with Crippen molar-refractivity contribution in [3.8, 4) is 0 Å². The molecule has 1 N–H and O–H groups in total. The molecule has 0 atom stereocenters. The van der Waals surface area contributed by atoms with Gasteiger partial charge in [0.05, 0.1) is 13.1 Å². The zero-order valence-corrected chi connectivity index (χ0v) is 8.62. The van der Waals surface area contributed by atoms with Gasteiger partial charge in [-0.3, -0.25) is 4.79 Å². The number of thiophene rings is 1. The van der Waals surface area contributed by atoms with Gasteiger partial charge >= 0.3 is 6.18 Å². The molecule has 0 aromatic carbocycles. The van der Waals surface area contributed by atoms with Crippen molar-refractivity contribution in [1.82, 2.24) is 5.32 Å². The molecule has 0 unspecified atom stereocenters. The lowest BCUT2D eigenvalue weighted by Gasteiger charge is -2.06. The first kappa shape index (κ1) is 12.2. The van der Waals surface area contributed by atoms with Gasteiger partial charge in [0.25, 0.3) is 0 Å². The molecule has 15 heavy (non-hydrogen) atoms. The summed E-state index contributed by atoms with van der Waals surface area (Å²) in [7, 11) is 0. The molecule has 0 saturated carbocycles. The molecular weight excluding hydrogens is 227 g/mol. The molecule has 84 valence electrons. The third-order valence-corrected chi connectivity index (χ3v) is 2.48.